The van der Waals surface area contributed by atoms with Crippen molar-refractivity contribution in [3.8, 4) is 5.75 Å². The van der Waals surface area contributed by atoms with Crippen molar-refractivity contribution in [2.75, 3.05) is 19.0 Å². The van der Waals surface area contributed by atoms with Gasteiger partial charge in [0.1, 0.15) is 5.75 Å². The highest BCUT2D eigenvalue weighted by Crippen LogP contribution is 2.14. The molecule has 0 spiro atoms. The zero-order valence-electron chi connectivity index (χ0n) is 14.1. The Kier molecular flexibility index (Phi) is 6.83. The van der Waals surface area contributed by atoms with Gasteiger partial charge in [-0.15, -0.1) is 0 Å². The Bertz CT molecular complexity index is 667. The second-order valence-electron chi connectivity index (χ2n) is 5.36. The summed E-state index contributed by atoms with van der Waals surface area (Å²) in [5, 5.41) is 7.40. The van der Waals surface area contributed by atoms with Crippen molar-refractivity contribution >= 4 is 17.3 Å². The van der Waals surface area contributed by atoms with E-state index in [4.69, 9.17) is 4.74 Å². The van der Waals surface area contributed by atoms with Crippen molar-refractivity contribution in [3.63, 3.8) is 0 Å². The molecule has 2 aromatic rings. The summed E-state index contributed by atoms with van der Waals surface area (Å²) >= 11 is 0. The first-order chi connectivity index (χ1) is 11.7. The van der Waals surface area contributed by atoms with Gasteiger partial charge in [-0.1, -0.05) is 30.3 Å². The van der Waals surface area contributed by atoms with E-state index in [9.17, 15) is 4.79 Å². The van der Waals surface area contributed by atoms with Crippen LogP contribution in [-0.2, 0) is 4.79 Å². The molecular formula is C19H23N3O2. The number of methoxy groups -OCH3 is 1. The van der Waals surface area contributed by atoms with Gasteiger partial charge in [0.15, 0.2) is 0 Å². The molecule has 0 aliphatic heterocycles. The van der Waals surface area contributed by atoms with Crippen LogP contribution in [0.4, 0.5) is 5.69 Å². The third-order valence-electron chi connectivity index (χ3n) is 3.54. The first kappa shape index (κ1) is 17.5. The molecule has 5 heteroatoms. The highest BCUT2D eigenvalue weighted by atomic mass is 16.5. The molecule has 0 saturated heterocycles. The highest BCUT2D eigenvalue weighted by Gasteiger charge is 2.01. The minimum absolute atomic E-state index is 0.0817. The van der Waals surface area contributed by atoms with Crippen LogP contribution in [0, 0.1) is 0 Å². The highest BCUT2D eigenvalue weighted by molar-refractivity contribution is 5.99. The zero-order valence-corrected chi connectivity index (χ0v) is 14.1. The van der Waals surface area contributed by atoms with Gasteiger partial charge < -0.3 is 10.1 Å². The molecule has 0 bridgehead atoms. The average Bonchev–Trinajstić information content (AvgIpc) is 2.64. The molecule has 1 amide bonds. The van der Waals surface area contributed by atoms with Crippen LogP contribution in [-0.4, -0.2) is 25.3 Å². The second-order valence-corrected chi connectivity index (χ2v) is 5.36. The van der Waals surface area contributed by atoms with Gasteiger partial charge in [0.05, 0.1) is 12.8 Å². The average molecular weight is 325 g/mol. The third-order valence-corrected chi connectivity index (χ3v) is 3.54. The molecule has 0 saturated carbocycles. The van der Waals surface area contributed by atoms with Crippen molar-refractivity contribution in [2.24, 2.45) is 5.10 Å². The van der Waals surface area contributed by atoms with Gasteiger partial charge in [0, 0.05) is 18.7 Å². The lowest BCUT2D eigenvalue weighted by Crippen LogP contribution is -2.19. The monoisotopic (exact) mass is 325 g/mol. The van der Waals surface area contributed by atoms with Crippen molar-refractivity contribution in [2.45, 2.75) is 19.8 Å². The number of anilines is 1. The third kappa shape index (κ3) is 5.76. The number of nitrogens with zero attached hydrogens (tertiary/aromatic N) is 1. The molecular weight excluding hydrogens is 302 g/mol. The maximum absolute atomic E-state index is 11.8. The predicted molar refractivity (Wildman–Crippen MR) is 97.5 cm³/mol. The van der Waals surface area contributed by atoms with Gasteiger partial charge in [-0.3, -0.25) is 4.79 Å². The number of nitrogens with one attached hydrogen (secondary N) is 2. The molecule has 2 N–H and O–H groups in total. The number of hydrazone groups is 1. The van der Waals surface area contributed by atoms with E-state index in [2.05, 4.69) is 15.8 Å². The van der Waals surface area contributed by atoms with Crippen LogP contribution in [0.25, 0.3) is 0 Å². The van der Waals surface area contributed by atoms with E-state index < -0.39 is 0 Å². The Morgan fingerprint density at radius 1 is 1.08 bits per heavy atom. The van der Waals surface area contributed by atoms with E-state index in [0.29, 0.717) is 6.42 Å². The first-order valence-electron chi connectivity index (χ1n) is 7.95. The quantitative estimate of drug-likeness (QED) is 0.444. The lowest BCUT2D eigenvalue weighted by Gasteiger charge is -2.07. The van der Waals surface area contributed by atoms with E-state index in [1.54, 1.807) is 7.11 Å². The fraction of sp³-hybridized carbons (Fsp3) is 0.263. The summed E-state index contributed by atoms with van der Waals surface area (Å²) in [6.45, 7) is 2.60. The van der Waals surface area contributed by atoms with Crippen molar-refractivity contribution in [3.05, 3.63) is 60.2 Å². The molecule has 5 nitrogen and oxygen atoms in total. The summed E-state index contributed by atoms with van der Waals surface area (Å²) in [4.78, 5) is 11.8. The molecule has 0 fully saturated rings. The fourth-order valence-corrected chi connectivity index (χ4v) is 2.14. The van der Waals surface area contributed by atoms with Gasteiger partial charge in [0.2, 0.25) is 5.91 Å². The molecule has 24 heavy (non-hydrogen) atoms. The van der Waals surface area contributed by atoms with Crippen LogP contribution in [0.3, 0.4) is 0 Å². The Morgan fingerprint density at radius 2 is 1.79 bits per heavy atom. The van der Waals surface area contributed by atoms with Gasteiger partial charge in [0.25, 0.3) is 0 Å². The topological polar surface area (TPSA) is 62.7 Å². The molecule has 0 aromatic heterocycles. The van der Waals surface area contributed by atoms with E-state index in [-0.39, 0.29) is 5.91 Å². The summed E-state index contributed by atoms with van der Waals surface area (Å²) in [6, 6.07) is 17.5. The lowest BCUT2D eigenvalue weighted by molar-refractivity contribution is -0.121. The van der Waals surface area contributed by atoms with E-state index in [1.807, 2.05) is 61.5 Å². The molecule has 126 valence electrons. The van der Waals surface area contributed by atoms with Crippen LogP contribution >= 0.6 is 0 Å². The van der Waals surface area contributed by atoms with Gasteiger partial charge in [-0.05, 0) is 43.2 Å². The molecule has 0 heterocycles. The van der Waals surface area contributed by atoms with Gasteiger partial charge in [-0.25, -0.2) is 5.43 Å². The number of ether oxygens (including phenoxy) is 1. The lowest BCUT2D eigenvalue weighted by atomic mass is 10.1. The molecule has 2 aromatic carbocycles. The number of carbonyl (C=O) groups excluding carboxylic acids is 1. The Labute approximate surface area is 142 Å². The van der Waals surface area contributed by atoms with E-state index in [1.165, 1.54) is 0 Å². The maximum Gasteiger partial charge on any atom is 0.240 e. The van der Waals surface area contributed by atoms with Gasteiger partial charge in [-0.2, -0.15) is 5.10 Å². The van der Waals surface area contributed by atoms with Crippen molar-refractivity contribution in [1.82, 2.24) is 5.43 Å². The summed E-state index contributed by atoms with van der Waals surface area (Å²) in [5.41, 5.74) is 5.40. The molecule has 0 aliphatic rings. The second kappa shape index (κ2) is 9.35. The molecule has 0 aliphatic carbocycles. The number of benzene rings is 2. The zero-order chi connectivity index (χ0) is 17.2. The van der Waals surface area contributed by atoms with Crippen LogP contribution < -0.4 is 15.5 Å². The number of rotatable bonds is 8. The predicted octanol–water partition coefficient (Wildman–Crippen LogP) is 3.43. The minimum Gasteiger partial charge on any atom is -0.497 e. The maximum atomic E-state index is 11.8. The normalized spacial score (nSPS) is 11.0. The Morgan fingerprint density at radius 3 is 2.46 bits per heavy atom. The summed E-state index contributed by atoms with van der Waals surface area (Å²) in [5.74, 6) is 0.744. The largest absolute Gasteiger partial charge is 0.497 e. The smallest absolute Gasteiger partial charge is 0.240 e. The number of carbonyl (C=O) groups is 1. The van der Waals surface area contributed by atoms with E-state index in [0.717, 1.165) is 35.7 Å². The number of amides is 1. The SMILES string of the molecule is COc1ccc(NCCCC(=O)N/N=C(/C)c2ccccc2)cc1. The molecule has 0 radical (unpaired) electrons. The molecule has 2 rings (SSSR count). The van der Waals surface area contributed by atoms with E-state index >= 15 is 0 Å². The summed E-state index contributed by atoms with van der Waals surface area (Å²) < 4.78 is 5.11. The molecule has 0 unspecified atom stereocenters. The Hall–Kier alpha value is -2.82. The first-order valence-corrected chi connectivity index (χ1v) is 7.95. The van der Waals surface area contributed by atoms with Gasteiger partial charge >= 0.3 is 0 Å². The Balaban J connectivity index is 1.67. The number of hydrogen-bond donors (Lipinski definition) is 2. The van der Waals surface area contributed by atoms with Crippen LogP contribution in [0.1, 0.15) is 25.3 Å². The molecule has 0 atom stereocenters. The standard InChI is InChI=1S/C19H23N3O2/c1-15(16-7-4-3-5-8-16)21-22-19(23)9-6-14-20-17-10-12-18(24-2)13-11-17/h3-5,7-8,10-13,20H,6,9,14H2,1-2H3,(H,22,23)/b21-15-. The van der Waals surface area contributed by atoms with Crippen LogP contribution in [0.2, 0.25) is 0 Å². The summed E-state index contributed by atoms with van der Waals surface area (Å²) in [6.07, 6.45) is 1.16. The number of hydrogen-bond acceptors (Lipinski definition) is 4. The van der Waals surface area contributed by atoms with Crippen LogP contribution in [0.15, 0.2) is 59.7 Å². The minimum atomic E-state index is -0.0817. The van der Waals surface area contributed by atoms with Crippen molar-refractivity contribution < 1.29 is 9.53 Å². The fourth-order valence-electron chi connectivity index (χ4n) is 2.14. The van der Waals surface area contributed by atoms with Crippen LogP contribution in [0.5, 0.6) is 5.75 Å². The summed E-state index contributed by atoms with van der Waals surface area (Å²) in [7, 11) is 1.64. The van der Waals surface area contributed by atoms with Crippen molar-refractivity contribution in [1.29, 1.82) is 0 Å².